The van der Waals surface area contributed by atoms with Crippen LogP contribution in [0.2, 0.25) is 0 Å². The largest absolute Gasteiger partial charge is 0.345 e. The molecule has 2 saturated heterocycles. The van der Waals surface area contributed by atoms with Crippen LogP contribution < -0.4 is 4.90 Å². The summed E-state index contributed by atoms with van der Waals surface area (Å²) in [5.41, 5.74) is 0.781. The zero-order valence-electron chi connectivity index (χ0n) is 15.7. The van der Waals surface area contributed by atoms with Gasteiger partial charge in [0, 0.05) is 39.3 Å². The van der Waals surface area contributed by atoms with Crippen molar-refractivity contribution in [3.8, 4) is 0 Å². The number of carbonyl (C=O) groups is 1. The highest BCUT2D eigenvalue weighted by Crippen LogP contribution is 2.30. The van der Waals surface area contributed by atoms with Crippen LogP contribution in [0.5, 0.6) is 0 Å². The van der Waals surface area contributed by atoms with E-state index in [9.17, 15) is 17.6 Å². The second-order valence-corrected chi connectivity index (χ2v) is 10.4. The Bertz CT molecular complexity index is 986. The number of piperidine rings is 1. The van der Waals surface area contributed by atoms with Crippen LogP contribution in [0, 0.1) is 11.7 Å². The molecule has 0 aliphatic carbocycles. The maximum atomic E-state index is 13.4. The molecule has 0 radical (unpaired) electrons. The number of nitrogens with zero attached hydrogens (tertiary/aromatic N) is 4. The molecule has 0 unspecified atom stereocenters. The molecule has 2 aliphatic heterocycles. The highest BCUT2D eigenvalue weighted by Gasteiger charge is 2.34. The zero-order valence-corrected chi connectivity index (χ0v) is 17.3. The minimum absolute atomic E-state index is 0.0411. The van der Waals surface area contributed by atoms with Crippen molar-refractivity contribution in [3.05, 3.63) is 24.0 Å². The molecule has 3 heterocycles. The maximum absolute atomic E-state index is 13.4. The van der Waals surface area contributed by atoms with Crippen molar-refractivity contribution >= 4 is 42.6 Å². The summed E-state index contributed by atoms with van der Waals surface area (Å²) in [6, 6.07) is 4.58. The van der Waals surface area contributed by atoms with E-state index in [1.54, 1.807) is 6.07 Å². The van der Waals surface area contributed by atoms with Gasteiger partial charge in [-0.15, -0.1) is 0 Å². The molecule has 4 rings (SSSR count). The van der Waals surface area contributed by atoms with Gasteiger partial charge in [0.25, 0.3) is 0 Å². The first-order valence-corrected chi connectivity index (χ1v) is 12.0. The molecule has 1 atom stereocenters. The van der Waals surface area contributed by atoms with Gasteiger partial charge in [0.15, 0.2) is 5.13 Å². The standard InChI is InChI=1S/C18H23FN4O3S2/c1-28(25,26)23-6-2-3-13(12-23)17(24)21-7-9-22(10-8-21)18-20-15-5-4-14(19)11-16(15)27-18/h4-5,11,13H,2-3,6-10,12H2,1H3/t13-/m1/s1. The lowest BCUT2D eigenvalue weighted by Crippen LogP contribution is -2.53. The minimum Gasteiger partial charge on any atom is -0.345 e. The first-order chi connectivity index (χ1) is 13.3. The van der Waals surface area contributed by atoms with E-state index in [-0.39, 0.29) is 24.2 Å². The highest BCUT2D eigenvalue weighted by molar-refractivity contribution is 7.88. The molecule has 7 nitrogen and oxygen atoms in total. The fourth-order valence-corrected chi connectivity index (χ4v) is 5.80. The molecule has 152 valence electrons. The van der Waals surface area contributed by atoms with Crippen molar-refractivity contribution in [3.63, 3.8) is 0 Å². The molecule has 1 aromatic carbocycles. The van der Waals surface area contributed by atoms with Crippen molar-refractivity contribution in [2.24, 2.45) is 5.92 Å². The number of anilines is 1. The van der Waals surface area contributed by atoms with E-state index in [0.717, 1.165) is 21.8 Å². The molecule has 28 heavy (non-hydrogen) atoms. The van der Waals surface area contributed by atoms with E-state index in [0.29, 0.717) is 39.1 Å². The number of rotatable bonds is 3. The van der Waals surface area contributed by atoms with E-state index in [4.69, 9.17) is 0 Å². The molecular formula is C18H23FN4O3S2. The van der Waals surface area contributed by atoms with Gasteiger partial charge in [0.2, 0.25) is 15.9 Å². The number of hydrogen-bond acceptors (Lipinski definition) is 6. The number of amides is 1. The van der Waals surface area contributed by atoms with Gasteiger partial charge in [-0.25, -0.2) is 22.1 Å². The van der Waals surface area contributed by atoms with Crippen molar-refractivity contribution in [1.29, 1.82) is 0 Å². The topological polar surface area (TPSA) is 73.8 Å². The van der Waals surface area contributed by atoms with Gasteiger partial charge in [0.1, 0.15) is 5.82 Å². The van der Waals surface area contributed by atoms with Gasteiger partial charge in [-0.3, -0.25) is 4.79 Å². The van der Waals surface area contributed by atoms with Crippen molar-refractivity contribution in [2.45, 2.75) is 12.8 Å². The van der Waals surface area contributed by atoms with Crippen molar-refractivity contribution in [1.82, 2.24) is 14.2 Å². The van der Waals surface area contributed by atoms with Crippen LogP contribution in [-0.2, 0) is 14.8 Å². The van der Waals surface area contributed by atoms with Crippen LogP contribution in [0.4, 0.5) is 9.52 Å². The number of fused-ring (bicyclic) bond motifs is 1. The summed E-state index contributed by atoms with van der Waals surface area (Å²) in [5.74, 6) is -0.492. The van der Waals surface area contributed by atoms with Crippen LogP contribution in [0.1, 0.15) is 12.8 Å². The lowest BCUT2D eigenvalue weighted by molar-refractivity contribution is -0.137. The molecular weight excluding hydrogens is 403 g/mol. The van der Waals surface area contributed by atoms with Gasteiger partial charge < -0.3 is 9.80 Å². The molecule has 0 bridgehead atoms. The Morgan fingerprint density at radius 1 is 1.21 bits per heavy atom. The summed E-state index contributed by atoms with van der Waals surface area (Å²) in [6.45, 7) is 3.26. The van der Waals surface area contributed by atoms with Gasteiger partial charge in [-0.05, 0) is 31.0 Å². The van der Waals surface area contributed by atoms with Gasteiger partial charge in [0.05, 0.1) is 22.4 Å². The van der Waals surface area contributed by atoms with Gasteiger partial charge >= 0.3 is 0 Å². The summed E-state index contributed by atoms with van der Waals surface area (Å²) in [7, 11) is -3.26. The molecule has 1 amide bonds. The number of halogens is 1. The van der Waals surface area contributed by atoms with Crippen LogP contribution >= 0.6 is 11.3 Å². The quantitative estimate of drug-likeness (QED) is 0.748. The van der Waals surface area contributed by atoms with Crippen LogP contribution in [0.15, 0.2) is 18.2 Å². The van der Waals surface area contributed by atoms with E-state index in [1.165, 1.54) is 34.0 Å². The average Bonchev–Trinajstić information content (AvgIpc) is 3.10. The normalized spacial score (nSPS) is 22.0. The Labute approximate surface area is 167 Å². The molecule has 0 spiro atoms. The second kappa shape index (κ2) is 7.57. The number of thiazole rings is 1. The zero-order chi connectivity index (χ0) is 19.9. The summed E-state index contributed by atoms with van der Waals surface area (Å²) in [5, 5.41) is 0.841. The van der Waals surface area contributed by atoms with Crippen molar-refractivity contribution < 1.29 is 17.6 Å². The Hall–Kier alpha value is -1.78. The first kappa shape index (κ1) is 19.5. The summed E-state index contributed by atoms with van der Waals surface area (Å²) < 4.78 is 39.2. The van der Waals surface area contributed by atoms with E-state index >= 15 is 0 Å². The summed E-state index contributed by atoms with van der Waals surface area (Å²) in [4.78, 5) is 21.4. The minimum atomic E-state index is -3.26. The Morgan fingerprint density at radius 3 is 2.68 bits per heavy atom. The van der Waals surface area contributed by atoms with Gasteiger partial charge in [-0.2, -0.15) is 0 Å². The van der Waals surface area contributed by atoms with E-state index in [1.807, 2.05) is 4.90 Å². The smallest absolute Gasteiger partial charge is 0.227 e. The predicted octanol–water partition coefficient (Wildman–Crippen LogP) is 1.76. The molecule has 2 aromatic rings. The van der Waals surface area contributed by atoms with Crippen LogP contribution in [0.25, 0.3) is 10.2 Å². The average molecular weight is 427 g/mol. The number of aromatic nitrogens is 1. The predicted molar refractivity (Wildman–Crippen MR) is 108 cm³/mol. The van der Waals surface area contributed by atoms with Crippen LogP contribution in [-0.4, -0.2) is 74.0 Å². The molecule has 2 aliphatic rings. The third-order valence-electron chi connectivity index (χ3n) is 5.40. The summed E-state index contributed by atoms with van der Waals surface area (Å²) in [6.07, 6.45) is 2.64. The molecule has 2 fully saturated rings. The molecule has 1 aromatic heterocycles. The SMILES string of the molecule is CS(=O)(=O)N1CCC[C@@H](C(=O)N2CCN(c3nc4ccc(F)cc4s3)CC2)C1. The fourth-order valence-electron chi connectivity index (χ4n) is 3.84. The lowest BCUT2D eigenvalue weighted by Gasteiger charge is -2.38. The number of piperazine rings is 1. The number of benzene rings is 1. The first-order valence-electron chi connectivity index (χ1n) is 9.36. The monoisotopic (exact) mass is 426 g/mol. The van der Waals surface area contributed by atoms with E-state index in [2.05, 4.69) is 9.88 Å². The highest BCUT2D eigenvalue weighted by atomic mass is 32.2. The Morgan fingerprint density at radius 2 is 1.96 bits per heavy atom. The second-order valence-electron chi connectivity index (χ2n) is 7.38. The maximum Gasteiger partial charge on any atom is 0.227 e. The summed E-state index contributed by atoms with van der Waals surface area (Å²) >= 11 is 1.46. The van der Waals surface area contributed by atoms with E-state index < -0.39 is 10.0 Å². The number of hydrogen-bond donors (Lipinski definition) is 0. The molecule has 10 heteroatoms. The van der Waals surface area contributed by atoms with Gasteiger partial charge in [-0.1, -0.05) is 11.3 Å². The molecule has 0 N–H and O–H groups in total. The van der Waals surface area contributed by atoms with Crippen molar-refractivity contribution in [2.75, 3.05) is 50.4 Å². The Balaban J connectivity index is 1.38. The molecule has 0 saturated carbocycles. The number of carbonyl (C=O) groups excluding carboxylic acids is 1. The lowest BCUT2D eigenvalue weighted by atomic mass is 9.98. The Kier molecular flexibility index (Phi) is 5.28. The third-order valence-corrected chi connectivity index (χ3v) is 7.75. The fraction of sp³-hybridized carbons (Fsp3) is 0.556. The number of sulfonamides is 1. The van der Waals surface area contributed by atoms with Crippen LogP contribution in [0.3, 0.4) is 0 Å². The third kappa shape index (κ3) is 3.99.